The van der Waals surface area contributed by atoms with Crippen LogP contribution >= 0.6 is 11.8 Å². The first-order valence-corrected chi connectivity index (χ1v) is 8.27. The number of amidine groups is 1. The van der Waals surface area contributed by atoms with Gasteiger partial charge < -0.3 is 10.1 Å². The summed E-state index contributed by atoms with van der Waals surface area (Å²) in [6.07, 6.45) is 8.92. The third-order valence-corrected chi connectivity index (χ3v) is 5.75. The molecule has 1 saturated heterocycles. The molecule has 0 bridgehead atoms. The van der Waals surface area contributed by atoms with E-state index in [9.17, 15) is 0 Å². The smallest absolute Gasteiger partial charge is 0.157 e. The lowest BCUT2D eigenvalue weighted by Crippen LogP contribution is -2.48. The number of hydrogen-bond acceptors (Lipinski definition) is 4. The average Bonchev–Trinajstić information content (AvgIpc) is 2.73. The normalized spacial score (nSPS) is 30.2. The first kappa shape index (κ1) is 12.8. The Morgan fingerprint density at radius 2 is 1.83 bits per heavy atom. The summed E-state index contributed by atoms with van der Waals surface area (Å²) in [6.45, 7) is 4.07. The highest BCUT2D eigenvalue weighted by molar-refractivity contribution is 8.14. The summed E-state index contributed by atoms with van der Waals surface area (Å²) >= 11 is 1.94. The molecule has 3 aliphatic rings. The second kappa shape index (κ2) is 5.04. The molecule has 4 heteroatoms. The molecule has 2 heterocycles. The van der Waals surface area contributed by atoms with Gasteiger partial charge in [-0.15, -0.1) is 0 Å². The molecule has 1 saturated carbocycles. The van der Waals surface area contributed by atoms with E-state index in [1.807, 2.05) is 11.8 Å². The van der Waals surface area contributed by atoms with E-state index in [0.29, 0.717) is 0 Å². The van der Waals surface area contributed by atoms with Crippen molar-refractivity contribution in [1.82, 2.24) is 5.32 Å². The van der Waals surface area contributed by atoms with Crippen molar-refractivity contribution in [1.29, 1.82) is 0 Å². The first-order valence-electron chi connectivity index (χ1n) is 7.29. The van der Waals surface area contributed by atoms with Gasteiger partial charge in [0.2, 0.25) is 0 Å². The lowest BCUT2D eigenvalue weighted by atomic mass is 9.84. The van der Waals surface area contributed by atoms with Crippen LogP contribution in [-0.2, 0) is 4.74 Å². The van der Waals surface area contributed by atoms with Crippen LogP contribution in [0.1, 0.15) is 51.9 Å². The van der Waals surface area contributed by atoms with Gasteiger partial charge in [-0.05, 0) is 32.6 Å². The summed E-state index contributed by atoms with van der Waals surface area (Å²) in [6, 6.07) is 0. The van der Waals surface area contributed by atoms with Gasteiger partial charge in [-0.1, -0.05) is 31.0 Å². The fraction of sp³-hybridized carbons (Fsp3) is 0.929. The molecule has 2 fully saturated rings. The summed E-state index contributed by atoms with van der Waals surface area (Å²) in [5.74, 6) is 1.20. The van der Waals surface area contributed by atoms with Crippen molar-refractivity contribution in [2.75, 3.05) is 19.0 Å². The number of aliphatic imine (C=N–C) groups is 1. The second-order valence-corrected chi connectivity index (χ2v) is 7.25. The Hall–Kier alpha value is -0.220. The van der Waals surface area contributed by atoms with Gasteiger partial charge in [-0.2, -0.15) is 0 Å². The molecule has 1 N–H and O–H groups in total. The Kier molecular flexibility index (Phi) is 3.59. The standard InChI is InChI=1S/C14H24N2OS/c1-13(7-9-17-10-8-13)15-12-16-14(11-18-12)5-3-2-4-6-14/h2-11H2,1H3,(H,15,16). The Labute approximate surface area is 114 Å². The predicted molar refractivity (Wildman–Crippen MR) is 77.3 cm³/mol. The number of nitrogens with one attached hydrogen (secondary N) is 1. The van der Waals surface area contributed by atoms with E-state index < -0.39 is 0 Å². The minimum atomic E-state index is 0.199. The Balaban J connectivity index is 1.64. The molecule has 1 aliphatic carbocycles. The molecule has 0 aromatic rings. The van der Waals surface area contributed by atoms with Crippen LogP contribution in [0.2, 0.25) is 0 Å². The van der Waals surface area contributed by atoms with Crippen molar-refractivity contribution in [3.63, 3.8) is 0 Å². The SMILES string of the molecule is CC1(NC2=NC3(CCCCC3)CS2)CCOCC1. The Morgan fingerprint density at radius 3 is 2.56 bits per heavy atom. The van der Waals surface area contributed by atoms with Gasteiger partial charge in [0.1, 0.15) is 0 Å². The van der Waals surface area contributed by atoms with Gasteiger partial charge in [0.25, 0.3) is 0 Å². The highest BCUT2D eigenvalue weighted by Gasteiger charge is 2.38. The zero-order valence-electron chi connectivity index (χ0n) is 11.3. The van der Waals surface area contributed by atoms with Crippen molar-refractivity contribution < 1.29 is 4.74 Å². The third kappa shape index (κ3) is 2.69. The van der Waals surface area contributed by atoms with Crippen LogP contribution < -0.4 is 5.32 Å². The largest absolute Gasteiger partial charge is 0.381 e. The number of hydrogen-bond donors (Lipinski definition) is 1. The average molecular weight is 268 g/mol. The molecular weight excluding hydrogens is 244 g/mol. The van der Waals surface area contributed by atoms with Gasteiger partial charge in [-0.25, -0.2) is 0 Å². The molecule has 3 rings (SSSR count). The predicted octanol–water partition coefficient (Wildman–Crippen LogP) is 2.95. The Bertz CT molecular complexity index is 331. The zero-order chi connectivity index (χ0) is 12.5. The van der Waals surface area contributed by atoms with Crippen molar-refractivity contribution in [2.45, 2.75) is 62.9 Å². The van der Waals surface area contributed by atoms with Gasteiger partial charge in [-0.3, -0.25) is 4.99 Å². The molecule has 0 amide bonds. The molecule has 2 aliphatic heterocycles. The molecular formula is C14H24N2OS. The summed E-state index contributed by atoms with van der Waals surface area (Å²) in [7, 11) is 0. The van der Waals surface area contributed by atoms with Gasteiger partial charge in [0.05, 0.1) is 5.54 Å². The zero-order valence-corrected chi connectivity index (χ0v) is 12.2. The molecule has 102 valence electrons. The molecule has 18 heavy (non-hydrogen) atoms. The number of nitrogens with zero attached hydrogens (tertiary/aromatic N) is 1. The van der Waals surface area contributed by atoms with E-state index in [0.717, 1.165) is 26.1 Å². The lowest BCUT2D eigenvalue weighted by molar-refractivity contribution is 0.0527. The van der Waals surface area contributed by atoms with Gasteiger partial charge >= 0.3 is 0 Å². The summed E-state index contributed by atoms with van der Waals surface area (Å²) in [5, 5.41) is 4.89. The first-order chi connectivity index (χ1) is 8.70. The second-order valence-electron chi connectivity index (χ2n) is 6.29. The highest BCUT2D eigenvalue weighted by atomic mass is 32.2. The fourth-order valence-corrected chi connectivity index (χ4v) is 4.55. The van der Waals surface area contributed by atoms with Crippen molar-refractivity contribution in [3.8, 4) is 0 Å². The molecule has 1 spiro atoms. The van der Waals surface area contributed by atoms with Crippen molar-refractivity contribution in [3.05, 3.63) is 0 Å². The maximum Gasteiger partial charge on any atom is 0.157 e. The fourth-order valence-electron chi connectivity index (χ4n) is 3.22. The highest BCUT2D eigenvalue weighted by Crippen LogP contribution is 2.39. The summed E-state index contributed by atoms with van der Waals surface area (Å²) < 4.78 is 5.45. The van der Waals surface area contributed by atoms with E-state index in [-0.39, 0.29) is 11.1 Å². The van der Waals surface area contributed by atoms with Crippen molar-refractivity contribution in [2.24, 2.45) is 4.99 Å². The minimum Gasteiger partial charge on any atom is -0.381 e. The maximum atomic E-state index is 5.45. The van der Waals surface area contributed by atoms with Crippen LogP contribution in [0.25, 0.3) is 0 Å². The lowest BCUT2D eigenvalue weighted by Gasteiger charge is -2.35. The quantitative estimate of drug-likeness (QED) is 0.794. The van der Waals surface area contributed by atoms with Crippen LogP contribution in [-0.4, -0.2) is 35.2 Å². The topological polar surface area (TPSA) is 33.6 Å². The molecule has 0 radical (unpaired) electrons. The number of ether oxygens (including phenoxy) is 1. The van der Waals surface area contributed by atoms with Crippen LogP contribution in [0.3, 0.4) is 0 Å². The minimum absolute atomic E-state index is 0.199. The summed E-state index contributed by atoms with van der Waals surface area (Å²) in [4.78, 5) is 5.05. The van der Waals surface area contributed by atoms with Crippen LogP contribution in [0.15, 0.2) is 4.99 Å². The van der Waals surface area contributed by atoms with Crippen LogP contribution in [0.5, 0.6) is 0 Å². The third-order valence-electron chi connectivity index (χ3n) is 4.61. The monoisotopic (exact) mass is 268 g/mol. The summed E-state index contributed by atoms with van der Waals surface area (Å²) in [5.41, 5.74) is 0.483. The molecule has 0 unspecified atom stereocenters. The van der Waals surface area contributed by atoms with Crippen molar-refractivity contribution >= 4 is 16.9 Å². The molecule has 0 atom stereocenters. The molecule has 0 aromatic carbocycles. The van der Waals surface area contributed by atoms with E-state index in [1.54, 1.807) is 0 Å². The maximum absolute atomic E-state index is 5.45. The molecule has 0 aromatic heterocycles. The van der Waals surface area contributed by atoms with Crippen LogP contribution in [0.4, 0.5) is 0 Å². The number of rotatable bonds is 1. The van der Waals surface area contributed by atoms with Crippen LogP contribution in [0, 0.1) is 0 Å². The Morgan fingerprint density at radius 1 is 1.11 bits per heavy atom. The molecule has 3 nitrogen and oxygen atoms in total. The van der Waals surface area contributed by atoms with Gasteiger partial charge in [0.15, 0.2) is 5.17 Å². The number of thioether (sulfide) groups is 1. The van der Waals surface area contributed by atoms with E-state index >= 15 is 0 Å². The van der Waals surface area contributed by atoms with E-state index in [4.69, 9.17) is 9.73 Å². The van der Waals surface area contributed by atoms with E-state index in [2.05, 4.69) is 12.2 Å². The van der Waals surface area contributed by atoms with Gasteiger partial charge in [0, 0.05) is 24.5 Å². The van der Waals surface area contributed by atoms with E-state index in [1.165, 1.54) is 43.0 Å².